The molecule has 3 aliphatic rings. The first-order chi connectivity index (χ1) is 14.3. The summed E-state index contributed by atoms with van der Waals surface area (Å²) in [5, 5.41) is 15.9. The minimum absolute atomic E-state index is 0.295. The summed E-state index contributed by atoms with van der Waals surface area (Å²) in [6.45, 7) is 6.10. The second-order valence-electron chi connectivity index (χ2n) is 10.1. The number of hydrogen-bond donors (Lipinski definition) is 2. The van der Waals surface area contributed by atoms with E-state index in [9.17, 15) is 5.11 Å². The molecule has 0 spiro atoms. The van der Waals surface area contributed by atoms with Gasteiger partial charge in [0.1, 0.15) is 29.2 Å². The van der Waals surface area contributed by atoms with E-state index in [0.29, 0.717) is 29.6 Å². The molecule has 7 heteroatoms. The van der Waals surface area contributed by atoms with Crippen molar-refractivity contribution in [1.82, 2.24) is 19.7 Å². The molecule has 6 rings (SSSR count). The Kier molecular flexibility index (Phi) is 3.71. The van der Waals surface area contributed by atoms with Gasteiger partial charge in [-0.3, -0.25) is 0 Å². The van der Waals surface area contributed by atoms with Gasteiger partial charge < -0.3 is 19.9 Å². The number of nitrogen functional groups attached to an aromatic ring is 1. The van der Waals surface area contributed by atoms with E-state index in [1.807, 2.05) is 13.8 Å². The highest BCUT2D eigenvalue weighted by atomic mass is 16.5. The molecule has 158 valence electrons. The number of nitrogens with zero attached hydrogens (tertiary/aromatic N) is 4. The van der Waals surface area contributed by atoms with Crippen molar-refractivity contribution in [3.05, 3.63) is 23.3 Å². The molecule has 2 fully saturated rings. The summed E-state index contributed by atoms with van der Waals surface area (Å²) in [7, 11) is 0. The van der Waals surface area contributed by atoms with Gasteiger partial charge in [-0.2, -0.15) is 0 Å². The zero-order chi connectivity index (χ0) is 20.8. The Bertz CT molecular complexity index is 1140. The molecule has 3 N–H and O–H groups in total. The molecule has 1 unspecified atom stereocenters. The topological polar surface area (TPSA) is 103 Å². The van der Waals surface area contributed by atoms with Crippen molar-refractivity contribution in [2.45, 2.75) is 82.8 Å². The van der Waals surface area contributed by atoms with Crippen LogP contribution in [0.2, 0.25) is 0 Å². The summed E-state index contributed by atoms with van der Waals surface area (Å²) in [6, 6.07) is 0.314. The van der Waals surface area contributed by atoms with Crippen LogP contribution < -0.4 is 5.73 Å². The maximum absolute atomic E-state index is 10.4. The number of aromatic nitrogens is 4. The average molecular weight is 408 g/mol. The van der Waals surface area contributed by atoms with Crippen molar-refractivity contribution < 1.29 is 9.63 Å². The second-order valence-corrected chi connectivity index (χ2v) is 10.1. The fraction of sp³-hybridized carbons (Fsp3) is 0.609. The zero-order valence-electron chi connectivity index (χ0n) is 17.9. The molecule has 3 aromatic rings. The van der Waals surface area contributed by atoms with Crippen molar-refractivity contribution in [2.75, 3.05) is 5.73 Å². The van der Waals surface area contributed by atoms with Crippen molar-refractivity contribution in [3.63, 3.8) is 0 Å². The molecule has 0 aromatic carbocycles. The SMILES string of the molecule is CC1CCc2c(c3c(N)ncnc3n2C2CC(C(C)(C)O)C2)-c2noc(C3CC3)c21. The Hall–Kier alpha value is -2.41. The third kappa shape index (κ3) is 2.51. The van der Waals surface area contributed by atoms with E-state index in [4.69, 9.17) is 10.3 Å². The summed E-state index contributed by atoms with van der Waals surface area (Å²) in [5.41, 5.74) is 11.2. The smallest absolute Gasteiger partial charge is 0.146 e. The highest BCUT2D eigenvalue weighted by Crippen LogP contribution is 2.53. The monoisotopic (exact) mass is 407 g/mol. The van der Waals surface area contributed by atoms with Gasteiger partial charge >= 0.3 is 0 Å². The number of hydrogen-bond acceptors (Lipinski definition) is 6. The normalized spacial score (nSPS) is 26.2. The number of anilines is 1. The molecule has 0 bridgehead atoms. The van der Waals surface area contributed by atoms with Crippen LogP contribution in [0.5, 0.6) is 0 Å². The highest BCUT2D eigenvalue weighted by molar-refractivity contribution is 6.02. The largest absolute Gasteiger partial charge is 0.390 e. The summed E-state index contributed by atoms with van der Waals surface area (Å²) >= 11 is 0. The van der Waals surface area contributed by atoms with Gasteiger partial charge in [-0.25, -0.2) is 9.97 Å². The predicted octanol–water partition coefficient (Wildman–Crippen LogP) is 4.32. The fourth-order valence-corrected chi connectivity index (χ4v) is 5.58. The lowest BCUT2D eigenvalue weighted by atomic mass is 9.71. The number of rotatable bonds is 3. The quantitative estimate of drug-likeness (QED) is 0.670. The minimum atomic E-state index is -0.655. The van der Waals surface area contributed by atoms with E-state index in [2.05, 4.69) is 26.6 Å². The Labute approximate surface area is 175 Å². The molecule has 0 amide bonds. The Morgan fingerprint density at radius 3 is 2.67 bits per heavy atom. The van der Waals surface area contributed by atoms with E-state index in [0.717, 1.165) is 53.7 Å². The van der Waals surface area contributed by atoms with Crippen molar-refractivity contribution in [2.24, 2.45) is 5.92 Å². The van der Waals surface area contributed by atoms with Gasteiger partial charge in [0.15, 0.2) is 0 Å². The number of fused-ring (bicyclic) bond motifs is 5. The first-order valence-corrected chi connectivity index (χ1v) is 11.2. The summed E-state index contributed by atoms with van der Waals surface area (Å²) in [6.07, 6.45) is 7.82. The lowest BCUT2D eigenvalue weighted by Gasteiger charge is -2.44. The Balaban J connectivity index is 1.56. The molecule has 3 heterocycles. The van der Waals surface area contributed by atoms with E-state index >= 15 is 0 Å². The van der Waals surface area contributed by atoms with Gasteiger partial charge in [0.25, 0.3) is 0 Å². The second kappa shape index (κ2) is 6.06. The molecule has 3 aliphatic carbocycles. The molecule has 2 saturated carbocycles. The van der Waals surface area contributed by atoms with Crippen LogP contribution in [0.3, 0.4) is 0 Å². The summed E-state index contributed by atoms with van der Waals surface area (Å²) in [4.78, 5) is 8.98. The third-order valence-corrected chi connectivity index (χ3v) is 7.64. The third-order valence-electron chi connectivity index (χ3n) is 7.64. The predicted molar refractivity (Wildman–Crippen MR) is 114 cm³/mol. The molecular weight excluding hydrogens is 378 g/mol. The Morgan fingerprint density at radius 2 is 1.97 bits per heavy atom. The first kappa shape index (κ1) is 18.4. The molecule has 0 aliphatic heterocycles. The molecule has 7 nitrogen and oxygen atoms in total. The van der Waals surface area contributed by atoms with Crippen LogP contribution in [0.1, 0.15) is 87.8 Å². The average Bonchev–Trinajstić information content (AvgIpc) is 3.34. The van der Waals surface area contributed by atoms with Crippen LogP contribution in [0.15, 0.2) is 10.9 Å². The summed E-state index contributed by atoms with van der Waals surface area (Å²) < 4.78 is 8.28. The van der Waals surface area contributed by atoms with Crippen molar-refractivity contribution in [1.29, 1.82) is 0 Å². The van der Waals surface area contributed by atoms with Crippen LogP contribution in [0.4, 0.5) is 5.82 Å². The van der Waals surface area contributed by atoms with Gasteiger partial charge in [0.2, 0.25) is 0 Å². The molecule has 3 aromatic heterocycles. The van der Waals surface area contributed by atoms with Gasteiger partial charge in [0.05, 0.1) is 11.0 Å². The van der Waals surface area contributed by atoms with Gasteiger partial charge in [-0.1, -0.05) is 12.1 Å². The van der Waals surface area contributed by atoms with Crippen LogP contribution >= 0.6 is 0 Å². The van der Waals surface area contributed by atoms with Gasteiger partial charge in [-0.15, -0.1) is 0 Å². The van der Waals surface area contributed by atoms with E-state index in [1.54, 1.807) is 6.33 Å². The first-order valence-electron chi connectivity index (χ1n) is 11.2. The maximum atomic E-state index is 10.4. The van der Waals surface area contributed by atoms with Gasteiger partial charge in [0, 0.05) is 28.8 Å². The van der Waals surface area contributed by atoms with Crippen LogP contribution in [-0.4, -0.2) is 30.4 Å². The van der Waals surface area contributed by atoms with Crippen LogP contribution in [0, 0.1) is 5.92 Å². The fourth-order valence-electron chi connectivity index (χ4n) is 5.58. The summed E-state index contributed by atoms with van der Waals surface area (Å²) in [5.74, 6) is 2.79. The van der Waals surface area contributed by atoms with Crippen molar-refractivity contribution >= 4 is 16.9 Å². The standard InChI is InChI=1S/C23H29N5O2/c1-11-4-7-15-17(19-16(11)20(30-27-19)12-5-6-12)18-21(24)25-10-26-22(18)28(15)14-8-13(9-14)23(2,3)29/h10-14,29H,4-9H2,1-3H3,(H2,24,25,26). The lowest BCUT2D eigenvalue weighted by Crippen LogP contribution is -2.41. The molecule has 0 radical (unpaired) electrons. The van der Waals surface area contributed by atoms with Gasteiger partial charge in [-0.05, 0) is 64.2 Å². The minimum Gasteiger partial charge on any atom is -0.390 e. The number of nitrogens with two attached hydrogens (primary N) is 1. The highest BCUT2D eigenvalue weighted by Gasteiger charge is 2.43. The molecule has 30 heavy (non-hydrogen) atoms. The molecule has 1 atom stereocenters. The lowest BCUT2D eigenvalue weighted by molar-refractivity contribution is -0.0389. The number of aliphatic hydroxyl groups is 1. The molecular formula is C23H29N5O2. The van der Waals surface area contributed by atoms with Crippen molar-refractivity contribution in [3.8, 4) is 11.3 Å². The van der Waals surface area contributed by atoms with E-state index in [1.165, 1.54) is 24.1 Å². The van der Waals surface area contributed by atoms with E-state index in [-0.39, 0.29) is 0 Å². The van der Waals surface area contributed by atoms with Crippen LogP contribution in [0.25, 0.3) is 22.3 Å². The zero-order valence-corrected chi connectivity index (χ0v) is 17.9. The maximum Gasteiger partial charge on any atom is 0.146 e. The molecule has 0 saturated heterocycles. The van der Waals surface area contributed by atoms with Crippen LogP contribution in [-0.2, 0) is 6.42 Å². The van der Waals surface area contributed by atoms with E-state index < -0.39 is 5.60 Å². The Morgan fingerprint density at radius 1 is 1.20 bits per heavy atom.